The van der Waals surface area contributed by atoms with Crippen LogP contribution >= 0.6 is 0 Å². The first kappa shape index (κ1) is 11.6. The molecule has 0 aromatic carbocycles. The van der Waals surface area contributed by atoms with Crippen LogP contribution in [0, 0.1) is 5.92 Å². The molecule has 0 N–H and O–H groups in total. The van der Waals surface area contributed by atoms with Gasteiger partial charge in [-0.3, -0.25) is 4.99 Å². The van der Waals surface area contributed by atoms with Gasteiger partial charge in [-0.25, -0.2) is 0 Å². The van der Waals surface area contributed by atoms with Gasteiger partial charge >= 0.3 is 0 Å². The number of hydrogen-bond acceptors (Lipinski definition) is 2. The molecule has 0 spiro atoms. The van der Waals surface area contributed by atoms with Gasteiger partial charge in [0.25, 0.3) is 0 Å². The van der Waals surface area contributed by atoms with E-state index in [1.807, 2.05) is 7.05 Å². The summed E-state index contributed by atoms with van der Waals surface area (Å²) in [5.41, 5.74) is 1.24. The van der Waals surface area contributed by atoms with Crippen molar-refractivity contribution >= 4 is 5.71 Å². The van der Waals surface area contributed by atoms with Crippen molar-refractivity contribution in [1.29, 1.82) is 0 Å². The molecule has 0 saturated heterocycles. The van der Waals surface area contributed by atoms with E-state index in [9.17, 15) is 0 Å². The first-order valence-electron chi connectivity index (χ1n) is 4.62. The lowest BCUT2D eigenvalue weighted by molar-refractivity contribution is 0.258. The van der Waals surface area contributed by atoms with Gasteiger partial charge in [-0.15, -0.1) is 0 Å². The van der Waals surface area contributed by atoms with Crippen LogP contribution in [-0.4, -0.2) is 37.3 Å². The molecule has 2 heteroatoms. The van der Waals surface area contributed by atoms with Crippen molar-refractivity contribution in [2.75, 3.05) is 20.6 Å². The zero-order valence-electron chi connectivity index (χ0n) is 9.26. The van der Waals surface area contributed by atoms with E-state index in [1.165, 1.54) is 5.71 Å². The minimum absolute atomic E-state index is 0.572. The number of nitrogens with zero attached hydrogens (tertiary/aromatic N) is 2. The molecule has 0 bridgehead atoms. The van der Waals surface area contributed by atoms with Crippen LogP contribution in [0.1, 0.15) is 27.7 Å². The number of rotatable bonds is 4. The van der Waals surface area contributed by atoms with E-state index in [2.05, 4.69) is 44.6 Å². The Morgan fingerprint density at radius 1 is 1.33 bits per heavy atom. The normalized spacial score (nSPS) is 15.8. The molecule has 0 heterocycles. The van der Waals surface area contributed by atoms with Gasteiger partial charge in [0.05, 0.1) is 0 Å². The van der Waals surface area contributed by atoms with E-state index >= 15 is 0 Å². The molecule has 2 nitrogen and oxygen atoms in total. The SMILES string of the molecule is CN=C(C)C(C)CN(C)C(C)C. The molecule has 1 atom stereocenters. The van der Waals surface area contributed by atoms with E-state index in [1.54, 1.807) is 0 Å². The van der Waals surface area contributed by atoms with Crippen LogP contribution in [-0.2, 0) is 0 Å². The smallest absolute Gasteiger partial charge is 0.0276 e. The summed E-state index contributed by atoms with van der Waals surface area (Å²) < 4.78 is 0. The number of hydrogen-bond donors (Lipinski definition) is 0. The van der Waals surface area contributed by atoms with E-state index in [4.69, 9.17) is 0 Å². The van der Waals surface area contributed by atoms with Crippen LogP contribution in [0.3, 0.4) is 0 Å². The van der Waals surface area contributed by atoms with Crippen LogP contribution in [0.15, 0.2) is 4.99 Å². The van der Waals surface area contributed by atoms with Gasteiger partial charge in [0.2, 0.25) is 0 Å². The molecule has 12 heavy (non-hydrogen) atoms. The zero-order valence-corrected chi connectivity index (χ0v) is 9.26. The lowest BCUT2D eigenvalue weighted by Crippen LogP contribution is -2.32. The summed E-state index contributed by atoms with van der Waals surface area (Å²) in [6.07, 6.45) is 0. The number of aliphatic imine (C=N–C) groups is 1. The molecule has 0 rings (SSSR count). The summed E-state index contributed by atoms with van der Waals surface area (Å²) in [5.74, 6) is 0.572. The van der Waals surface area contributed by atoms with E-state index in [0.29, 0.717) is 12.0 Å². The minimum Gasteiger partial charge on any atom is -0.303 e. The third-order valence-electron chi connectivity index (χ3n) is 2.51. The highest BCUT2D eigenvalue weighted by molar-refractivity contribution is 5.84. The maximum absolute atomic E-state index is 4.19. The maximum atomic E-state index is 4.19. The molecular weight excluding hydrogens is 148 g/mol. The second-order valence-corrected chi connectivity index (χ2v) is 3.80. The van der Waals surface area contributed by atoms with Crippen molar-refractivity contribution in [2.45, 2.75) is 33.7 Å². The maximum Gasteiger partial charge on any atom is 0.0276 e. The van der Waals surface area contributed by atoms with Crippen LogP contribution in [0.5, 0.6) is 0 Å². The molecule has 72 valence electrons. The monoisotopic (exact) mass is 170 g/mol. The molecule has 0 aliphatic carbocycles. The molecular formula is C10H22N2. The summed E-state index contributed by atoms with van der Waals surface area (Å²) in [6.45, 7) is 9.84. The third-order valence-corrected chi connectivity index (χ3v) is 2.51. The second-order valence-electron chi connectivity index (χ2n) is 3.80. The molecule has 0 aromatic rings. The van der Waals surface area contributed by atoms with Crippen molar-refractivity contribution in [3.05, 3.63) is 0 Å². The van der Waals surface area contributed by atoms with E-state index in [0.717, 1.165) is 6.54 Å². The average Bonchev–Trinajstić information content (AvgIpc) is 2.02. The summed E-state index contributed by atoms with van der Waals surface area (Å²) in [5, 5.41) is 0. The van der Waals surface area contributed by atoms with Gasteiger partial charge in [0.1, 0.15) is 0 Å². The molecule has 0 radical (unpaired) electrons. The topological polar surface area (TPSA) is 15.6 Å². The first-order chi connectivity index (χ1) is 5.49. The Kier molecular flexibility index (Phi) is 5.14. The van der Waals surface area contributed by atoms with Crippen LogP contribution < -0.4 is 0 Å². The quantitative estimate of drug-likeness (QED) is 0.590. The average molecular weight is 170 g/mol. The Labute approximate surface area is 76.7 Å². The fraction of sp³-hybridized carbons (Fsp3) is 0.900. The van der Waals surface area contributed by atoms with Gasteiger partial charge in [0, 0.05) is 31.3 Å². The third kappa shape index (κ3) is 3.86. The minimum atomic E-state index is 0.572. The molecule has 0 amide bonds. The summed E-state index contributed by atoms with van der Waals surface area (Å²) >= 11 is 0. The van der Waals surface area contributed by atoms with Gasteiger partial charge in [-0.05, 0) is 27.8 Å². The van der Waals surface area contributed by atoms with Gasteiger partial charge in [0.15, 0.2) is 0 Å². The molecule has 0 saturated carbocycles. The van der Waals surface area contributed by atoms with E-state index in [-0.39, 0.29) is 0 Å². The summed E-state index contributed by atoms with van der Waals surface area (Å²) in [7, 11) is 4.02. The highest BCUT2D eigenvalue weighted by Gasteiger charge is 2.10. The van der Waals surface area contributed by atoms with Crippen molar-refractivity contribution in [3.8, 4) is 0 Å². The standard InChI is InChI=1S/C10H22N2/c1-8(2)12(6)7-9(3)10(4)11-5/h8-9H,7H2,1-6H3. The highest BCUT2D eigenvalue weighted by atomic mass is 15.1. The molecule has 1 unspecified atom stereocenters. The van der Waals surface area contributed by atoms with Crippen LogP contribution in [0.25, 0.3) is 0 Å². The fourth-order valence-corrected chi connectivity index (χ4v) is 0.995. The highest BCUT2D eigenvalue weighted by Crippen LogP contribution is 2.03. The molecule has 0 aliphatic heterocycles. The Hall–Kier alpha value is -0.370. The Balaban J connectivity index is 3.92. The zero-order chi connectivity index (χ0) is 9.72. The van der Waals surface area contributed by atoms with Crippen molar-refractivity contribution < 1.29 is 0 Å². The lowest BCUT2D eigenvalue weighted by Gasteiger charge is -2.24. The Bertz CT molecular complexity index is 150. The van der Waals surface area contributed by atoms with Crippen LogP contribution in [0.2, 0.25) is 0 Å². The van der Waals surface area contributed by atoms with Crippen molar-refractivity contribution in [3.63, 3.8) is 0 Å². The fourth-order valence-electron chi connectivity index (χ4n) is 0.995. The molecule has 0 fully saturated rings. The summed E-state index contributed by atoms with van der Waals surface area (Å²) in [4.78, 5) is 6.54. The molecule has 0 aromatic heterocycles. The first-order valence-corrected chi connectivity index (χ1v) is 4.62. The lowest BCUT2D eigenvalue weighted by atomic mass is 10.1. The van der Waals surface area contributed by atoms with Crippen molar-refractivity contribution in [1.82, 2.24) is 4.90 Å². The van der Waals surface area contributed by atoms with Crippen molar-refractivity contribution in [2.24, 2.45) is 10.9 Å². The molecule has 0 aliphatic rings. The largest absolute Gasteiger partial charge is 0.303 e. The Morgan fingerprint density at radius 2 is 1.83 bits per heavy atom. The van der Waals surface area contributed by atoms with Gasteiger partial charge < -0.3 is 4.90 Å². The predicted octanol–water partition coefficient (Wildman–Crippen LogP) is 2.05. The summed E-state index contributed by atoms with van der Waals surface area (Å²) in [6, 6.07) is 0.622. The second kappa shape index (κ2) is 5.31. The predicted molar refractivity (Wildman–Crippen MR) is 56.0 cm³/mol. The Morgan fingerprint density at radius 3 is 2.17 bits per heavy atom. The van der Waals surface area contributed by atoms with Gasteiger partial charge in [-0.1, -0.05) is 6.92 Å². The van der Waals surface area contributed by atoms with Gasteiger partial charge in [-0.2, -0.15) is 0 Å². The van der Waals surface area contributed by atoms with Crippen LogP contribution in [0.4, 0.5) is 0 Å². The van der Waals surface area contributed by atoms with E-state index < -0.39 is 0 Å².